The number of methoxy groups -OCH3 is 1. The summed E-state index contributed by atoms with van der Waals surface area (Å²) < 4.78 is 5.47. The second-order valence-corrected chi connectivity index (χ2v) is 6.60. The molecule has 0 saturated carbocycles. The van der Waals surface area contributed by atoms with Crippen LogP contribution in [-0.2, 0) is 6.54 Å². The van der Waals surface area contributed by atoms with Crippen LogP contribution in [0.25, 0.3) is 0 Å². The summed E-state index contributed by atoms with van der Waals surface area (Å²) in [7, 11) is 1.71. The van der Waals surface area contributed by atoms with E-state index in [0.717, 1.165) is 42.8 Å². The number of rotatable bonds is 5. The minimum absolute atomic E-state index is 0.429. The Morgan fingerprint density at radius 1 is 1.24 bits per heavy atom. The number of aliphatic hydroxyl groups excluding tert-OH is 1. The Hall–Kier alpha value is -1.06. The average Bonchev–Trinajstić information content (AvgIpc) is 2.47. The molecule has 0 bridgehead atoms. The minimum atomic E-state index is -0.429. The van der Waals surface area contributed by atoms with Crippen LogP contribution in [0, 0.1) is 11.8 Å². The lowest BCUT2D eigenvalue weighted by molar-refractivity contribution is 0.150. The summed E-state index contributed by atoms with van der Waals surface area (Å²) in [6.07, 6.45) is 2.15. The molecule has 21 heavy (non-hydrogen) atoms. The van der Waals surface area contributed by atoms with Crippen molar-refractivity contribution in [1.29, 1.82) is 0 Å². The molecule has 1 aromatic carbocycles. The van der Waals surface area contributed by atoms with Gasteiger partial charge in [0.25, 0.3) is 0 Å². The monoisotopic (exact) mass is 291 g/mol. The Morgan fingerprint density at radius 2 is 1.90 bits per heavy atom. The maximum absolute atomic E-state index is 9.76. The van der Waals surface area contributed by atoms with Gasteiger partial charge < -0.3 is 9.84 Å². The minimum Gasteiger partial charge on any atom is -0.496 e. The number of likely N-dealkylation sites (tertiary alicyclic amines) is 1. The van der Waals surface area contributed by atoms with Crippen LogP contribution in [0.5, 0.6) is 5.75 Å². The predicted molar refractivity (Wildman–Crippen MR) is 86.5 cm³/mol. The molecule has 0 amide bonds. The second-order valence-electron chi connectivity index (χ2n) is 6.60. The van der Waals surface area contributed by atoms with Crippen LogP contribution >= 0.6 is 0 Å². The Balaban J connectivity index is 2.04. The molecule has 1 saturated heterocycles. The normalized spacial score (nSPS) is 19.0. The lowest BCUT2D eigenvalue weighted by Crippen LogP contribution is -2.34. The van der Waals surface area contributed by atoms with Gasteiger partial charge in [0.05, 0.1) is 13.2 Å². The molecule has 0 aliphatic carbocycles. The van der Waals surface area contributed by atoms with Crippen molar-refractivity contribution in [3.63, 3.8) is 0 Å². The van der Waals surface area contributed by atoms with Crippen molar-refractivity contribution in [3.05, 3.63) is 29.3 Å². The van der Waals surface area contributed by atoms with E-state index in [0.29, 0.717) is 0 Å². The summed E-state index contributed by atoms with van der Waals surface area (Å²) in [5.41, 5.74) is 2.14. The Morgan fingerprint density at radius 3 is 2.43 bits per heavy atom. The van der Waals surface area contributed by atoms with Gasteiger partial charge in [-0.05, 0) is 62.4 Å². The summed E-state index contributed by atoms with van der Waals surface area (Å²) in [6, 6.07) is 5.99. The first-order chi connectivity index (χ1) is 10.0. The molecular weight excluding hydrogens is 262 g/mol. The molecule has 3 nitrogen and oxygen atoms in total. The molecule has 1 heterocycles. The fourth-order valence-corrected chi connectivity index (χ4v) is 3.20. The van der Waals surface area contributed by atoms with Crippen molar-refractivity contribution in [2.24, 2.45) is 11.8 Å². The Kier molecular flexibility index (Phi) is 5.65. The predicted octanol–water partition coefficient (Wildman–Crippen LogP) is 3.62. The van der Waals surface area contributed by atoms with Crippen molar-refractivity contribution in [2.45, 2.75) is 46.3 Å². The highest BCUT2D eigenvalue weighted by molar-refractivity contribution is 5.38. The molecule has 1 N–H and O–H groups in total. The van der Waals surface area contributed by atoms with E-state index >= 15 is 0 Å². The zero-order valence-corrected chi connectivity index (χ0v) is 13.8. The van der Waals surface area contributed by atoms with Gasteiger partial charge in [0.2, 0.25) is 0 Å². The maximum Gasteiger partial charge on any atom is 0.123 e. The number of hydrogen-bond acceptors (Lipinski definition) is 3. The van der Waals surface area contributed by atoms with Gasteiger partial charge in [-0.3, -0.25) is 4.90 Å². The molecule has 0 radical (unpaired) electrons. The van der Waals surface area contributed by atoms with E-state index in [1.807, 2.05) is 12.1 Å². The number of piperidine rings is 1. The lowest BCUT2D eigenvalue weighted by atomic mass is 9.86. The molecule has 1 aliphatic rings. The van der Waals surface area contributed by atoms with Gasteiger partial charge in [-0.15, -0.1) is 0 Å². The summed E-state index contributed by atoms with van der Waals surface area (Å²) in [4.78, 5) is 2.50. The lowest BCUT2D eigenvalue weighted by Gasteiger charge is -2.34. The number of ether oxygens (including phenoxy) is 1. The third-order valence-electron chi connectivity index (χ3n) is 4.76. The largest absolute Gasteiger partial charge is 0.496 e. The molecule has 1 aromatic rings. The van der Waals surface area contributed by atoms with Crippen LogP contribution in [0.4, 0.5) is 0 Å². The third kappa shape index (κ3) is 4.21. The topological polar surface area (TPSA) is 32.7 Å². The second kappa shape index (κ2) is 7.28. The smallest absolute Gasteiger partial charge is 0.123 e. The third-order valence-corrected chi connectivity index (χ3v) is 4.76. The first kappa shape index (κ1) is 16.3. The highest BCUT2D eigenvalue weighted by Gasteiger charge is 2.22. The standard InChI is InChI=1S/C18H29NO2/c1-13(2)15-7-9-19(10-8-15)12-17-11-16(14(3)20)5-6-18(17)21-4/h5-6,11,13-15,20H,7-10,12H2,1-4H3. The van der Waals surface area contributed by atoms with Crippen molar-refractivity contribution < 1.29 is 9.84 Å². The Labute approximate surface area is 128 Å². The zero-order chi connectivity index (χ0) is 15.4. The van der Waals surface area contributed by atoms with Crippen molar-refractivity contribution in [1.82, 2.24) is 4.90 Å². The molecule has 1 atom stereocenters. The van der Waals surface area contributed by atoms with Crippen LogP contribution in [0.3, 0.4) is 0 Å². The molecule has 2 rings (SSSR count). The van der Waals surface area contributed by atoms with Gasteiger partial charge >= 0.3 is 0 Å². The highest BCUT2D eigenvalue weighted by Crippen LogP contribution is 2.28. The summed E-state index contributed by atoms with van der Waals surface area (Å²) in [5.74, 6) is 2.58. The molecule has 0 aromatic heterocycles. The van der Waals surface area contributed by atoms with E-state index < -0.39 is 6.10 Å². The molecule has 1 fully saturated rings. The van der Waals surface area contributed by atoms with Gasteiger partial charge in [0, 0.05) is 12.1 Å². The van der Waals surface area contributed by atoms with Gasteiger partial charge in [0.15, 0.2) is 0 Å². The van der Waals surface area contributed by atoms with Gasteiger partial charge in [0.1, 0.15) is 5.75 Å². The van der Waals surface area contributed by atoms with Crippen LogP contribution in [0.15, 0.2) is 18.2 Å². The number of hydrogen-bond donors (Lipinski definition) is 1. The highest BCUT2D eigenvalue weighted by atomic mass is 16.5. The van der Waals surface area contributed by atoms with Gasteiger partial charge in [-0.1, -0.05) is 19.9 Å². The Bertz CT molecular complexity index is 449. The number of benzene rings is 1. The fraction of sp³-hybridized carbons (Fsp3) is 0.667. The van der Waals surface area contributed by atoms with E-state index in [-0.39, 0.29) is 0 Å². The van der Waals surface area contributed by atoms with Gasteiger partial charge in [-0.2, -0.15) is 0 Å². The number of nitrogens with zero attached hydrogens (tertiary/aromatic N) is 1. The van der Waals surface area contributed by atoms with Crippen LogP contribution < -0.4 is 4.74 Å². The quantitative estimate of drug-likeness (QED) is 0.899. The first-order valence-corrected chi connectivity index (χ1v) is 8.08. The van der Waals surface area contributed by atoms with Crippen molar-refractivity contribution in [3.8, 4) is 5.75 Å². The van der Waals surface area contributed by atoms with Crippen molar-refractivity contribution >= 4 is 0 Å². The molecule has 0 spiro atoms. The van der Waals surface area contributed by atoms with Gasteiger partial charge in [-0.25, -0.2) is 0 Å². The first-order valence-electron chi connectivity index (χ1n) is 8.08. The van der Waals surface area contributed by atoms with E-state index in [1.165, 1.54) is 18.4 Å². The van der Waals surface area contributed by atoms with E-state index in [4.69, 9.17) is 4.74 Å². The maximum atomic E-state index is 9.76. The zero-order valence-electron chi connectivity index (χ0n) is 13.8. The average molecular weight is 291 g/mol. The molecule has 1 unspecified atom stereocenters. The SMILES string of the molecule is COc1ccc(C(C)O)cc1CN1CCC(C(C)C)CC1. The number of aliphatic hydroxyl groups is 1. The summed E-state index contributed by atoms with van der Waals surface area (Å²) >= 11 is 0. The van der Waals surface area contributed by atoms with E-state index in [1.54, 1.807) is 14.0 Å². The van der Waals surface area contributed by atoms with Crippen molar-refractivity contribution in [2.75, 3.05) is 20.2 Å². The summed E-state index contributed by atoms with van der Waals surface area (Å²) in [5, 5.41) is 9.76. The molecular formula is C18H29NO2. The fourth-order valence-electron chi connectivity index (χ4n) is 3.20. The van der Waals surface area contributed by atoms with Crippen LogP contribution in [0.2, 0.25) is 0 Å². The molecule has 1 aliphatic heterocycles. The van der Waals surface area contributed by atoms with E-state index in [2.05, 4.69) is 24.8 Å². The van der Waals surface area contributed by atoms with E-state index in [9.17, 15) is 5.11 Å². The summed E-state index contributed by atoms with van der Waals surface area (Å²) in [6.45, 7) is 9.69. The molecule has 3 heteroatoms. The molecule has 118 valence electrons. The van der Waals surface area contributed by atoms with Crippen LogP contribution in [-0.4, -0.2) is 30.2 Å². The van der Waals surface area contributed by atoms with Crippen LogP contribution in [0.1, 0.15) is 50.8 Å².